The topological polar surface area (TPSA) is 74.6 Å². The van der Waals surface area contributed by atoms with E-state index in [-0.39, 0.29) is 11.1 Å². The first kappa shape index (κ1) is 17.1. The van der Waals surface area contributed by atoms with Gasteiger partial charge in [0.25, 0.3) is 0 Å². The second-order valence-corrected chi connectivity index (χ2v) is 6.02. The van der Waals surface area contributed by atoms with E-state index in [4.69, 9.17) is 11.6 Å². The van der Waals surface area contributed by atoms with Crippen molar-refractivity contribution >= 4 is 23.4 Å². The van der Waals surface area contributed by atoms with Gasteiger partial charge in [-0.05, 0) is 55.8 Å². The highest BCUT2D eigenvalue weighted by atomic mass is 35.5. The number of rotatable bonds is 4. The molecule has 0 aliphatic carbocycles. The number of benzene rings is 2. The molecule has 0 bridgehead atoms. The maximum absolute atomic E-state index is 14.4. The van der Waals surface area contributed by atoms with Crippen molar-refractivity contribution in [3.63, 3.8) is 0 Å². The van der Waals surface area contributed by atoms with Gasteiger partial charge >= 0.3 is 5.97 Å². The number of aliphatic hydroxyl groups is 1. The Morgan fingerprint density at radius 1 is 1.13 bits per heavy atom. The molecule has 120 valence electrons. The van der Waals surface area contributed by atoms with E-state index in [1.165, 1.54) is 38.1 Å². The molecular formula is C17H14ClFO4. The van der Waals surface area contributed by atoms with Crippen LogP contribution in [0.2, 0.25) is 5.02 Å². The lowest BCUT2D eigenvalue weighted by molar-refractivity contribution is 0.0686. The lowest BCUT2D eigenvalue weighted by Gasteiger charge is -2.19. The first-order valence-electron chi connectivity index (χ1n) is 6.71. The van der Waals surface area contributed by atoms with Crippen LogP contribution in [0.1, 0.15) is 45.7 Å². The normalized spacial score (nSPS) is 11.3. The van der Waals surface area contributed by atoms with Crippen molar-refractivity contribution in [2.75, 3.05) is 0 Å². The highest BCUT2D eigenvalue weighted by Gasteiger charge is 2.27. The number of hydrogen-bond acceptors (Lipinski definition) is 3. The average Bonchev–Trinajstić information content (AvgIpc) is 2.45. The minimum absolute atomic E-state index is 0.0695. The summed E-state index contributed by atoms with van der Waals surface area (Å²) in [5.41, 5.74) is -2.30. The summed E-state index contributed by atoms with van der Waals surface area (Å²) in [4.78, 5) is 23.9. The van der Waals surface area contributed by atoms with Gasteiger partial charge in [-0.25, -0.2) is 9.18 Å². The predicted molar refractivity (Wildman–Crippen MR) is 83.5 cm³/mol. The Kier molecular flexibility index (Phi) is 4.54. The van der Waals surface area contributed by atoms with E-state index in [1.807, 2.05) is 0 Å². The van der Waals surface area contributed by atoms with Crippen molar-refractivity contribution in [1.82, 2.24) is 0 Å². The van der Waals surface area contributed by atoms with Gasteiger partial charge in [-0.1, -0.05) is 11.6 Å². The standard InChI is InChI=1S/C17H14ClFO4/c1-17(2,23)10-7-12(16(21)22)14(13(19)8-10)15(20)9-3-5-11(18)6-4-9/h3-8,23H,1-2H3,(H,21,22). The van der Waals surface area contributed by atoms with E-state index in [1.54, 1.807) is 0 Å². The van der Waals surface area contributed by atoms with Crippen LogP contribution in [0.25, 0.3) is 0 Å². The Bertz CT molecular complexity index is 776. The third-order valence-corrected chi connectivity index (χ3v) is 3.61. The number of aromatic carboxylic acids is 1. The van der Waals surface area contributed by atoms with Crippen LogP contribution in [0, 0.1) is 5.82 Å². The number of halogens is 2. The van der Waals surface area contributed by atoms with Crippen LogP contribution in [0.3, 0.4) is 0 Å². The first-order chi connectivity index (χ1) is 10.6. The van der Waals surface area contributed by atoms with Gasteiger partial charge in [-0.15, -0.1) is 0 Å². The summed E-state index contributed by atoms with van der Waals surface area (Å²) in [6.07, 6.45) is 0. The summed E-state index contributed by atoms with van der Waals surface area (Å²) in [7, 11) is 0. The van der Waals surface area contributed by atoms with Gasteiger partial charge < -0.3 is 10.2 Å². The van der Waals surface area contributed by atoms with Crippen LogP contribution >= 0.6 is 11.6 Å². The van der Waals surface area contributed by atoms with Gasteiger partial charge in [0.2, 0.25) is 0 Å². The number of carboxylic acids is 1. The molecule has 0 heterocycles. The molecule has 0 aromatic heterocycles. The van der Waals surface area contributed by atoms with Gasteiger partial charge in [0.05, 0.1) is 16.7 Å². The third-order valence-electron chi connectivity index (χ3n) is 3.36. The minimum Gasteiger partial charge on any atom is -0.478 e. The van der Waals surface area contributed by atoms with E-state index in [0.717, 1.165) is 12.1 Å². The quantitative estimate of drug-likeness (QED) is 0.836. The Hall–Kier alpha value is -2.24. The largest absolute Gasteiger partial charge is 0.478 e. The average molecular weight is 337 g/mol. The molecule has 6 heteroatoms. The molecule has 2 rings (SSSR count). The smallest absolute Gasteiger partial charge is 0.336 e. The maximum Gasteiger partial charge on any atom is 0.336 e. The molecule has 23 heavy (non-hydrogen) atoms. The van der Waals surface area contributed by atoms with Crippen molar-refractivity contribution < 1.29 is 24.2 Å². The lowest BCUT2D eigenvalue weighted by atomic mass is 9.90. The van der Waals surface area contributed by atoms with Gasteiger partial charge in [-0.3, -0.25) is 4.79 Å². The molecule has 2 aromatic rings. The molecule has 0 saturated carbocycles. The van der Waals surface area contributed by atoms with Crippen LogP contribution in [-0.2, 0) is 5.60 Å². The van der Waals surface area contributed by atoms with Crippen molar-refractivity contribution in [3.05, 3.63) is 69.5 Å². The van der Waals surface area contributed by atoms with Crippen LogP contribution in [0.15, 0.2) is 36.4 Å². The monoisotopic (exact) mass is 336 g/mol. The summed E-state index contributed by atoms with van der Waals surface area (Å²) in [6.45, 7) is 2.79. The molecule has 2 aromatic carbocycles. The highest BCUT2D eigenvalue weighted by Crippen LogP contribution is 2.27. The zero-order valence-corrected chi connectivity index (χ0v) is 13.2. The van der Waals surface area contributed by atoms with Crippen LogP contribution in [0.4, 0.5) is 4.39 Å². The molecule has 0 saturated heterocycles. The SMILES string of the molecule is CC(C)(O)c1cc(F)c(C(=O)c2ccc(Cl)cc2)c(C(=O)O)c1. The molecule has 0 fully saturated rings. The number of carboxylic acid groups (broad SMARTS) is 1. The first-order valence-corrected chi connectivity index (χ1v) is 7.09. The fourth-order valence-electron chi connectivity index (χ4n) is 2.10. The molecule has 0 aliphatic rings. The van der Waals surface area contributed by atoms with E-state index in [2.05, 4.69) is 0 Å². The van der Waals surface area contributed by atoms with Crippen LogP contribution < -0.4 is 0 Å². The summed E-state index contributed by atoms with van der Waals surface area (Å²) in [5.74, 6) is -3.21. The van der Waals surface area contributed by atoms with E-state index in [0.29, 0.717) is 5.02 Å². The number of ketones is 1. The molecule has 0 aliphatic heterocycles. The maximum atomic E-state index is 14.4. The predicted octanol–water partition coefficient (Wildman–Crippen LogP) is 3.64. The second kappa shape index (κ2) is 6.10. The van der Waals surface area contributed by atoms with Crippen molar-refractivity contribution in [3.8, 4) is 0 Å². The molecule has 0 spiro atoms. The van der Waals surface area contributed by atoms with E-state index < -0.39 is 34.3 Å². The van der Waals surface area contributed by atoms with Gasteiger partial charge in [0, 0.05) is 10.6 Å². The Balaban J connectivity index is 2.64. The molecular weight excluding hydrogens is 323 g/mol. The Labute approximate surface area is 137 Å². The van der Waals surface area contributed by atoms with Crippen molar-refractivity contribution in [2.45, 2.75) is 19.4 Å². The zero-order chi connectivity index (χ0) is 17.4. The molecule has 4 nitrogen and oxygen atoms in total. The summed E-state index contributed by atoms with van der Waals surface area (Å²) >= 11 is 5.74. The lowest BCUT2D eigenvalue weighted by Crippen LogP contribution is -2.20. The Morgan fingerprint density at radius 3 is 2.17 bits per heavy atom. The number of carbonyl (C=O) groups is 2. The summed E-state index contributed by atoms with van der Waals surface area (Å²) < 4.78 is 14.4. The van der Waals surface area contributed by atoms with Crippen LogP contribution in [0.5, 0.6) is 0 Å². The number of hydrogen-bond donors (Lipinski definition) is 2. The van der Waals surface area contributed by atoms with Crippen molar-refractivity contribution in [2.24, 2.45) is 0 Å². The Morgan fingerprint density at radius 2 is 1.70 bits per heavy atom. The summed E-state index contributed by atoms with van der Waals surface area (Å²) in [6, 6.07) is 7.76. The molecule has 0 unspecified atom stereocenters. The molecule has 0 atom stereocenters. The molecule has 0 amide bonds. The fourth-order valence-corrected chi connectivity index (χ4v) is 2.23. The van der Waals surface area contributed by atoms with Gasteiger partial charge in [0.1, 0.15) is 5.82 Å². The molecule has 0 radical (unpaired) electrons. The number of carbonyl (C=O) groups excluding carboxylic acids is 1. The third kappa shape index (κ3) is 3.57. The van der Waals surface area contributed by atoms with E-state index in [9.17, 15) is 24.2 Å². The zero-order valence-electron chi connectivity index (χ0n) is 12.4. The minimum atomic E-state index is -1.45. The molecule has 2 N–H and O–H groups in total. The van der Waals surface area contributed by atoms with Gasteiger partial charge in [-0.2, -0.15) is 0 Å². The van der Waals surface area contributed by atoms with E-state index >= 15 is 0 Å². The highest BCUT2D eigenvalue weighted by molar-refractivity contribution is 6.30. The van der Waals surface area contributed by atoms with Crippen molar-refractivity contribution in [1.29, 1.82) is 0 Å². The second-order valence-electron chi connectivity index (χ2n) is 5.58. The summed E-state index contributed by atoms with van der Waals surface area (Å²) in [5, 5.41) is 19.6. The van der Waals surface area contributed by atoms with Gasteiger partial charge in [0.15, 0.2) is 5.78 Å². The van der Waals surface area contributed by atoms with Crippen LogP contribution in [-0.4, -0.2) is 22.0 Å². The fraction of sp³-hybridized carbons (Fsp3) is 0.176.